The smallest absolute Gasteiger partial charge is 0.355 e. The van der Waals surface area contributed by atoms with Crippen molar-refractivity contribution in [3.63, 3.8) is 0 Å². The van der Waals surface area contributed by atoms with Crippen LogP contribution in [0.3, 0.4) is 0 Å². The number of aryl methyl sites for hydroxylation is 1. The van der Waals surface area contributed by atoms with E-state index in [4.69, 9.17) is 4.74 Å². The van der Waals surface area contributed by atoms with Crippen LogP contribution in [0.25, 0.3) is 27.8 Å². The summed E-state index contributed by atoms with van der Waals surface area (Å²) < 4.78 is 6.20. The van der Waals surface area contributed by atoms with Gasteiger partial charge in [0.2, 0.25) is 0 Å². The van der Waals surface area contributed by atoms with Gasteiger partial charge >= 0.3 is 5.97 Å². The van der Waals surface area contributed by atoms with Crippen molar-refractivity contribution in [2.45, 2.75) is 19.8 Å². The summed E-state index contributed by atoms with van der Waals surface area (Å²) in [6.07, 6.45) is 5.92. The van der Waals surface area contributed by atoms with Crippen molar-refractivity contribution in [1.82, 2.24) is 4.98 Å². The number of aromatic nitrogens is 1. The summed E-state index contributed by atoms with van der Waals surface area (Å²) in [7, 11) is 0. The molecular formula is C25H22BrNO2. The van der Waals surface area contributed by atoms with E-state index in [-0.39, 0.29) is 5.97 Å². The number of halogens is 1. The fourth-order valence-electron chi connectivity index (χ4n) is 3.71. The molecule has 1 aromatic heterocycles. The number of fused-ring (bicyclic) bond motifs is 2. The SMILES string of the molecule is CCOC(=O)c1[nH]c2c(Br)cccc2c1CC/C=C/c1cccc2ccccc12. The van der Waals surface area contributed by atoms with E-state index in [1.807, 2.05) is 25.1 Å². The molecule has 4 aromatic rings. The van der Waals surface area contributed by atoms with Gasteiger partial charge in [0.1, 0.15) is 5.69 Å². The van der Waals surface area contributed by atoms with Crippen molar-refractivity contribution in [3.8, 4) is 0 Å². The molecule has 0 aliphatic rings. The van der Waals surface area contributed by atoms with Crippen LogP contribution in [0.2, 0.25) is 0 Å². The standard InChI is InChI=1S/C25H22BrNO2/c1-2-29-25(28)24-21(20-15-8-16-22(26)23(20)27-24)14-6-4-10-18-12-7-11-17-9-3-5-13-19(17)18/h3-5,7-13,15-16,27H,2,6,14H2,1H3/b10-4+. The first-order valence-electron chi connectivity index (χ1n) is 9.79. The highest BCUT2D eigenvalue weighted by atomic mass is 79.9. The van der Waals surface area contributed by atoms with Crippen molar-refractivity contribution in [2.24, 2.45) is 0 Å². The van der Waals surface area contributed by atoms with Gasteiger partial charge in [-0.15, -0.1) is 0 Å². The molecule has 4 heteroatoms. The molecular weight excluding hydrogens is 426 g/mol. The number of H-pyrrole nitrogens is 1. The topological polar surface area (TPSA) is 42.1 Å². The van der Waals surface area contributed by atoms with Gasteiger partial charge < -0.3 is 9.72 Å². The number of allylic oxidation sites excluding steroid dienone is 1. The van der Waals surface area contributed by atoms with Crippen molar-refractivity contribution in [2.75, 3.05) is 6.61 Å². The minimum absolute atomic E-state index is 0.302. The van der Waals surface area contributed by atoms with E-state index in [1.54, 1.807) is 0 Å². The second kappa shape index (κ2) is 8.66. The number of benzene rings is 3. The summed E-state index contributed by atoms with van der Waals surface area (Å²) in [5.74, 6) is -0.302. The second-order valence-corrected chi connectivity index (χ2v) is 7.73. The van der Waals surface area contributed by atoms with E-state index in [1.165, 1.54) is 16.3 Å². The first kappa shape index (κ1) is 19.5. The number of aromatic amines is 1. The maximum atomic E-state index is 12.5. The summed E-state index contributed by atoms with van der Waals surface area (Å²) in [5.41, 5.74) is 3.69. The van der Waals surface area contributed by atoms with Crippen LogP contribution in [0.4, 0.5) is 0 Å². The molecule has 0 spiro atoms. The number of ether oxygens (including phenoxy) is 1. The average Bonchev–Trinajstić information content (AvgIpc) is 3.11. The van der Waals surface area contributed by atoms with Gasteiger partial charge in [-0.2, -0.15) is 0 Å². The number of hydrogen-bond acceptors (Lipinski definition) is 2. The lowest BCUT2D eigenvalue weighted by molar-refractivity contribution is 0.0519. The lowest BCUT2D eigenvalue weighted by Gasteiger charge is -2.04. The van der Waals surface area contributed by atoms with Gasteiger partial charge in [-0.3, -0.25) is 0 Å². The Labute approximate surface area is 178 Å². The first-order valence-corrected chi connectivity index (χ1v) is 10.6. The van der Waals surface area contributed by atoms with Crippen LogP contribution in [0.5, 0.6) is 0 Å². The first-order chi connectivity index (χ1) is 14.2. The third kappa shape index (κ3) is 3.99. The number of hydrogen-bond donors (Lipinski definition) is 1. The fourth-order valence-corrected chi connectivity index (χ4v) is 4.17. The predicted octanol–water partition coefficient (Wildman–Crippen LogP) is 6.91. The van der Waals surface area contributed by atoms with Gasteiger partial charge in [0, 0.05) is 9.86 Å². The van der Waals surface area contributed by atoms with Crippen LogP contribution >= 0.6 is 15.9 Å². The number of carbonyl (C=O) groups is 1. The van der Waals surface area contributed by atoms with Gasteiger partial charge in [0.15, 0.2) is 0 Å². The quantitative estimate of drug-likeness (QED) is 0.326. The summed E-state index contributed by atoms with van der Waals surface area (Å²) in [6.45, 7) is 2.18. The third-order valence-corrected chi connectivity index (χ3v) is 5.71. The highest BCUT2D eigenvalue weighted by molar-refractivity contribution is 9.10. The molecule has 1 heterocycles. The summed E-state index contributed by atoms with van der Waals surface area (Å²) in [4.78, 5) is 15.7. The Kier molecular flexibility index (Phi) is 5.81. The molecule has 0 fully saturated rings. The lowest BCUT2D eigenvalue weighted by atomic mass is 10.0. The highest BCUT2D eigenvalue weighted by Crippen LogP contribution is 2.30. The Morgan fingerprint density at radius 3 is 2.66 bits per heavy atom. The van der Waals surface area contributed by atoms with Crippen LogP contribution in [-0.4, -0.2) is 17.6 Å². The maximum Gasteiger partial charge on any atom is 0.355 e. The van der Waals surface area contributed by atoms with Crippen LogP contribution in [0.1, 0.15) is 35.0 Å². The van der Waals surface area contributed by atoms with E-state index in [9.17, 15) is 4.79 Å². The molecule has 3 aromatic carbocycles. The molecule has 29 heavy (non-hydrogen) atoms. The maximum absolute atomic E-state index is 12.5. The Balaban J connectivity index is 1.60. The highest BCUT2D eigenvalue weighted by Gasteiger charge is 2.19. The van der Waals surface area contributed by atoms with Crippen molar-refractivity contribution < 1.29 is 9.53 Å². The van der Waals surface area contributed by atoms with Crippen LogP contribution < -0.4 is 0 Å². The predicted molar refractivity (Wildman–Crippen MR) is 123 cm³/mol. The van der Waals surface area contributed by atoms with E-state index >= 15 is 0 Å². The Morgan fingerprint density at radius 2 is 1.79 bits per heavy atom. The van der Waals surface area contributed by atoms with Gasteiger partial charge in [-0.05, 0) is 63.7 Å². The second-order valence-electron chi connectivity index (χ2n) is 6.87. The zero-order chi connectivity index (χ0) is 20.2. The molecule has 1 N–H and O–H groups in total. The number of rotatable bonds is 6. The molecule has 3 nitrogen and oxygen atoms in total. The number of esters is 1. The molecule has 0 atom stereocenters. The van der Waals surface area contributed by atoms with E-state index < -0.39 is 0 Å². The molecule has 0 unspecified atom stereocenters. The zero-order valence-electron chi connectivity index (χ0n) is 16.2. The Bertz CT molecular complexity index is 1200. The monoisotopic (exact) mass is 447 g/mol. The minimum Gasteiger partial charge on any atom is -0.461 e. The molecule has 4 rings (SSSR count). The van der Waals surface area contributed by atoms with Gasteiger partial charge in [-0.25, -0.2) is 4.79 Å². The van der Waals surface area contributed by atoms with Crippen molar-refractivity contribution in [3.05, 3.63) is 88.0 Å². The van der Waals surface area contributed by atoms with E-state index in [0.717, 1.165) is 33.8 Å². The Morgan fingerprint density at radius 1 is 1.03 bits per heavy atom. The van der Waals surface area contributed by atoms with E-state index in [0.29, 0.717) is 12.3 Å². The molecule has 0 amide bonds. The van der Waals surface area contributed by atoms with Gasteiger partial charge in [0.05, 0.1) is 12.1 Å². The molecule has 0 aliphatic carbocycles. The Hall–Kier alpha value is -2.85. The number of para-hydroxylation sites is 1. The van der Waals surface area contributed by atoms with Crippen molar-refractivity contribution >= 4 is 49.7 Å². The van der Waals surface area contributed by atoms with Crippen LogP contribution in [-0.2, 0) is 11.2 Å². The summed E-state index contributed by atoms with van der Waals surface area (Å²) >= 11 is 3.57. The fraction of sp³-hybridized carbons (Fsp3) is 0.160. The molecule has 0 saturated heterocycles. The average molecular weight is 448 g/mol. The zero-order valence-corrected chi connectivity index (χ0v) is 17.8. The number of carbonyl (C=O) groups excluding carboxylic acids is 1. The molecule has 0 bridgehead atoms. The van der Waals surface area contributed by atoms with Crippen molar-refractivity contribution in [1.29, 1.82) is 0 Å². The normalized spacial score (nSPS) is 11.5. The molecule has 0 aliphatic heterocycles. The molecule has 0 saturated carbocycles. The minimum atomic E-state index is -0.302. The summed E-state index contributed by atoms with van der Waals surface area (Å²) in [5, 5.41) is 3.54. The summed E-state index contributed by atoms with van der Waals surface area (Å²) in [6, 6.07) is 20.7. The van der Waals surface area contributed by atoms with Gasteiger partial charge in [0.25, 0.3) is 0 Å². The largest absolute Gasteiger partial charge is 0.461 e. The third-order valence-electron chi connectivity index (χ3n) is 5.05. The molecule has 146 valence electrons. The van der Waals surface area contributed by atoms with Crippen LogP contribution in [0, 0.1) is 0 Å². The van der Waals surface area contributed by atoms with Crippen LogP contribution in [0.15, 0.2) is 71.2 Å². The van der Waals surface area contributed by atoms with Gasteiger partial charge in [-0.1, -0.05) is 66.7 Å². The number of nitrogens with one attached hydrogen (secondary N) is 1. The molecule has 0 radical (unpaired) electrons. The van der Waals surface area contributed by atoms with E-state index in [2.05, 4.69) is 75.5 Å². The lowest BCUT2D eigenvalue weighted by Crippen LogP contribution is -2.07.